The zero-order valence-corrected chi connectivity index (χ0v) is 15.8. The van der Waals surface area contributed by atoms with E-state index in [0.29, 0.717) is 17.0 Å². The molecule has 1 N–H and O–H groups in total. The quantitative estimate of drug-likeness (QED) is 0.697. The van der Waals surface area contributed by atoms with E-state index in [1.54, 1.807) is 55.3 Å². The second kappa shape index (κ2) is 8.86. The van der Waals surface area contributed by atoms with Crippen LogP contribution >= 0.6 is 0 Å². The van der Waals surface area contributed by atoms with Gasteiger partial charge in [0.25, 0.3) is 11.8 Å². The predicted octanol–water partition coefficient (Wildman–Crippen LogP) is 4.37. The Morgan fingerprint density at radius 2 is 1.43 bits per heavy atom. The molecule has 0 aromatic heterocycles. The fourth-order valence-corrected chi connectivity index (χ4v) is 2.66. The van der Waals surface area contributed by atoms with E-state index in [0.717, 1.165) is 5.69 Å². The maximum Gasteiger partial charge on any atom is 0.265 e. The van der Waals surface area contributed by atoms with E-state index in [1.165, 1.54) is 0 Å². The summed E-state index contributed by atoms with van der Waals surface area (Å²) in [6.07, 6.45) is -0.645. The first-order chi connectivity index (χ1) is 13.5. The fourth-order valence-electron chi connectivity index (χ4n) is 2.66. The van der Waals surface area contributed by atoms with E-state index in [9.17, 15) is 9.59 Å². The van der Waals surface area contributed by atoms with Crippen molar-refractivity contribution >= 4 is 23.2 Å². The lowest BCUT2D eigenvalue weighted by molar-refractivity contribution is -0.122. The van der Waals surface area contributed by atoms with Crippen LogP contribution in [0.3, 0.4) is 0 Å². The highest BCUT2D eigenvalue weighted by Gasteiger charge is 2.16. The molecular formula is C23H22N2O3. The molecule has 1 unspecified atom stereocenters. The van der Waals surface area contributed by atoms with E-state index in [1.807, 2.05) is 48.5 Å². The van der Waals surface area contributed by atoms with Crippen LogP contribution < -0.4 is 15.0 Å². The van der Waals surface area contributed by atoms with E-state index in [2.05, 4.69) is 5.32 Å². The number of hydrogen-bond acceptors (Lipinski definition) is 3. The van der Waals surface area contributed by atoms with Crippen LogP contribution in [0.15, 0.2) is 84.9 Å². The highest BCUT2D eigenvalue weighted by Crippen LogP contribution is 2.17. The normalized spacial score (nSPS) is 11.4. The molecule has 0 saturated carbocycles. The van der Waals surface area contributed by atoms with Crippen LogP contribution in [0.25, 0.3) is 0 Å². The largest absolute Gasteiger partial charge is 0.481 e. The van der Waals surface area contributed by atoms with E-state index in [-0.39, 0.29) is 11.8 Å². The number of amides is 2. The number of carbonyl (C=O) groups is 2. The van der Waals surface area contributed by atoms with Crippen molar-refractivity contribution in [3.63, 3.8) is 0 Å². The molecule has 0 heterocycles. The Bertz CT molecular complexity index is 925. The smallest absolute Gasteiger partial charge is 0.265 e. The van der Waals surface area contributed by atoms with Crippen LogP contribution in [0, 0.1) is 0 Å². The average molecular weight is 374 g/mol. The highest BCUT2D eigenvalue weighted by molar-refractivity contribution is 6.06. The summed E-state index contributed by atoms with van der Waals surface area (Å²) in [7, 11) is 1.73. The summed E-state index contributed by atoms with van der Waals surface area (Å²) >= 11 is 0. The number of nitrogens with one attached hydrogen (secondary N) is 1. The van der Waals surface area contributed by atoms with Crippen LogP contribution in [0.1, 0.15) is 17.3 Å². The van der Waals surface area contributed by atoms with Gasteiger partial charge in [-0.2, -0.15) is 0 Å². The molecular weight excluding hydrogens is 352 g/mol. The molecule has 0 aliphatic heterocycles. The van der Waals surface area contributed by atoms with Crippen molar-refractivity contribution in [3.8, 4) is 5.75 Å². The molecule has 5 heteroatoms. The topological polar surface area (TPSA) is 58.6 Å². The summed E-state index contributed by atoms with van der Waals surface area (Å²) in [6.45, 7) is 1.69. The van der Waals surface area contributed by atoms with Gasteiger partial charge < -0.3 is 15.0 Å². The summed E-state index contributed by atoms with van der Waals surface area (Å²) < 4.78 is 5.62. The molecule has 0 spiro atoms. The molecule has 3 rings (SSSR count). The van der Waals surface area contributed by atoms with Gasteiger partial charge in [-0.3, -0.25) is 9.59 Å². The van der Waals surface area contributed by atoms with E-state index >= 15 is 0 Å². The maximum atomic E-state index is 12.6. The van der Waals surface area contributed by atoms with Gasteiger partial charge in [-0.1, -0.05) is 36.4 Å². The van der Waals surface area contributed by atoms with Crippen LogP contribution in [0.5, 0.6) is 5.75 Å². The molecule has 3 aromatic carbocycles. The molecule has 0 fully saturated rings. The van der Waals surface area contributed by atoms with Gasteiger partial charge in [-0.05, 0) is 55.5 Å². The minimum Gasteiger partial charge on any atom is -0.481 e. The van der Waals surface area contributed by atoms with Crippen molar-refractivity contribution in [1.29, 1.82) is 0 Å². The average Bonchev–Trinajstić information content (AvgIpc) is 2.74. The Kier molecular flexibility index (Phi) is 6.07. The Labute approximate surface area is 164 Å². The first-order valence-electron chi connectivity index (χ1n) is 9.00. The van der Waals surface area contributed by atoms with Crippen molar-refractivity contribution < 1.29 is 14.3 Å². The van der Waals surface area contributed by atoms with Gasteiger partial charge >= 0.3 is 0 Å². The minimum atomic E-state index is -0.645. The molecule has 2 amide bonds. The lowest BCUT2D eigenvalue weighted by atomic mass is 10.1. The standard InChI is InChI=1S/C23H22N2O3/c1-17(28-21-11-7-4-8-12-21)22(26)24-19-15-13-18(14-16-19)23(27)25(2)20-9-5-3-6-10-20/h3-17H,1-2H3,(H,24,26). The van der Waals surface area contributed by atoms with Crippen molar-refractivity contribution in [2.45, 2.75) is 13.0 Å². The van der Waals surface area contributed by atoms with Gasteiger partial charge in [0.1, 0.15) is 5.75 Å². The second-order valence-electron chi connectivity index (χ2n) is 6.34. The number of para-hydroxylation sites is 2. The first kappa shape index (κ1) is 19.2. The number of nitrogens with zero attached hydrogens (tertiary/aromatic N) is 1. The summed E-state index contributed by atoms with van der Waals surface area (Å²) in [6, 6.07) is 25.4. The summed E-state index contributed by atoms with van der Waals surface area (Å²) in [4.78, 5) is 26.5. The number of hydrogen-bond donors (Lipinski definition) is 1. The summed E-state index contributed by atoms with van der Waals surface area (Å²) in [5.41, 5.74) is 1.96. The molecule has 142 valence electrons. The van der Waals surface area contributed by atoms with Gasteiger partial charge in [-0.25, -0.2) is 0 Å². The third-order valence-electron chi connectivity index (χ3n) is 4.27. The van der Waals surface area contributed by atoms with Crippen molar-refractivity contribution in [2.75, 3.05) is 17.3 Å². The first-order valence-corrected chi connectivity index (χ1v) is 9.00. The number of benzene rings is 3. The van der Waals surface area contributed by atoms with Crippen molar-refractivity contribution in [3.05, 3.63) is 90.5 Å². The third-order valence-corrected chi connectivity index (χ3v) is 4.27. The lowest BCUT2D eigenvalue weighted by Crippen LogP contribution is -2.30. The number of carbonyl (C=O) groups excluding carboxylic acids is 2. The van der Waals surface area contributed by atoms with Gasteiger partial charge in [-0.15, -0.1) is 0 Å². The van der Waals surface area contributed by atoms with Gasteiger partial charge in [0.2, 0.25) is 0 Å². The molecule has 0 aliphatic carbocycles. The van der Waals surface area contributed by atoms with Crippen LogP contribution in [0.4, 0.5) is 11.4 Å². The third kappa shape index (κ3) is 4.76. The molecule has 5 nitrogen and oxygen atoms in total. The molecule has 3 aromatic rings. The number of ether oxygens (including phenoxy) is 1. The Balaban J connectivity index is 1.61. The van der Waals surface area contributed by atoms with Crippen molar-refractivity contribution in [2.24, 2.45) is 0 Å². The molecule has 1 atom stereocenters. The van der Waals surface area contributed by atoms with Crippen LogP contribution in [-0.2, 0) is 4.79 Å². The predicted molar refractivity (Wildman–Crippen MR) is 111 cm³/mol. The maximum absolute atomic E-state index is 12.6. The Hall–Kier alpha value is -3.60. The van der Waals surface area contributed by atoms with Crippen molar-refractivity contribution in [1.82, 2.24) is 0 Å². The summed E-state index contributed by atoms with van der Waals surface area (Å²) in [5.74, 6) is 0.254. The Morgan fingerprint density at radius 1 is 0.857 bits per heavy atom. The van der Waals surface area contributed by atoms with Crippen LogP contribution in [-0.4, -0.2) is 25.0 Å². The molecule has 0 aliphatic rings. The van der Waals surface area contributed by atoms with Gasteiger partial charge in [0.15, 0.2) is 6.10 Å². The highest BCUT2D eigenvalue weighted by atomic mass is 16.5. The zero-order valence-electron chi connectivity index (χ0n) is 15.8. The number of anilines is 2. The van der Waals surface area contributed by atoms with Gasteiger partial charge in [0.05, 0.1) is 0 Å². The minimum absolute atomic E-state index is 0.121. The second-order valence-corrected chi connectivity index (χ2v) is 6.34. The summed E-state index contributed by atoms with van der Waals surface area (Å²) in [5, 5.41) is 2.80. The SMILES string of the molecule is CC(Oc1ccccc1)C(=O)Nc1ccc(C(=O)N(C)c2ccccc2)cc1. The Morgan fingerprint density at radius 3 is 2.04 bits per heavy atom. The van der Waals surface area contributed by atoms with Crippen LogP contribution in [0.2, 0.25) is 0 Å². The fraction of sp³-hybridized carbons (Fsp3) is 0.130. The zero-order chi connectivity index (χ0) is 19.9. The lowest BCUT2D eigenvalue weighted by Gasteiger charge is -2.18. The molecule has 0 saturated heterocycles. The van der Waals surface area contributed by atoms with E-state index in [4.69, 9.17) is 4.74 Å². The van der Waals surface area contributed by atoms with E-state index < -0.39 is 6.10 Å². The number of rotatable bonds is 6. The molecule has 0 radical (unpaired) electrons. The molecule has 28 heavy (non-hydrogen) atoms. The van der Waals surface area contributed by atoms with Gasteiger partial charge in [0, 0.05) is 24.0 Å². The monoisotopic (exact) mass is 374 g/mol. The molecule has 0 bridgehead atoms.